The zero-order chi connectivity index (χ0) is 15.0. The van der Waals surface area contributed by atoms with Gasteiger partial charge in [0.15, 0.2) is 0 Å². The highest BCUT2D eigenvalue weighted by atomic mass is 35.5. The molecule has 6 heteroatoms. The smallest absolute Gasteiger partial charge is 0.335 e. The number of hydrogen-bond acceptors (Lipinski definition) is 3. The molecule has 0 radical (unpaired) electrons. The number of methoxy groups -OCH3 is 1. The van der Waals surface area contributed by atoms with Crippen LogP contribution in [-0.2, 0) is 0 Å². The Bertz CT molecular complexity index is 842. The molecule has 3 rings (SSSR count). The number of imidazole rings is 1. The van der Waals surface area contributed by atoms with Crippen LogP contribution in [-0.4, -0.2) is 27.6 Å². The molecule has 21 heavy (non-hydrogen) atoms. The van der Waals surface area contributed by atoms with E-state index in [2.05, 4.69) is 4.98 Å². The minimum atomic E-state index is -0.984. The first-order valence-electron chi connectivity index (χ1n) is 6.14. The Morgan fingerprint density at radius 3 is 2.86 bits per heavy atom. The summed E-state index contributed by atoms with van der Waals surface area (Å²) in [5.41, 5.74) is 2.16. The van der Waals surface area contributed by atoms with Crippen molar-refractivity contribution in [1.82, 2.24) is 9.38 Å². The lowest BCUT2D eigenvalue weighted by Gasteiger charge is -2.05. The molecule has 2 heterocycles. The number of pyridine rings is 1. The maximum Gasteiger partial charge on any atom is 0.335 e. The molecule has 1 aromatic carbocycles. The second-order valence-electron chi connectivity index (χ2n) is 4.46. The molecule has 0 amide bonds. The van der Waals surface area contributed by atoms with Crippen LogP contribution in [0.3, 0.4) is 0 Å². The lowest BCUT2D eigenvalue weighted by Crippen LogP contribution is -1.96. The predicted octanol–water partition coefficient (Wildman–Crippen LogP) is 3.36. The van der Waals surface area contributed by atoms with Crippen molar-refractivity contribution >= 4 is 23.2 Å². The van der Waals surface area contributed by atoms with Gasteiger partial charge >= 0.3 is 5.97 Å². The van der Waals surface area contributed by atoms with Crippen molar-refractivity contribution in [2.45, 2.75) is 0 Å². The lowest BCUT2D eigenvalue weighted by atomic mass is 10.1. The summed E-state index contributed by atoms with van der Waals surface area (Å²) in [4.78, 5) is 15.4. The van der Waals surface area contributed by atoms with E-state index in [1.807, 2.05) is 0 Å². The van der Waals surface area contributed by atoms with E-state index in [-0.39, 0.29) is 5.56 Å². The van der Waals surface area contributed by atoms with E-state index in [1.165, 1.54) is 12.1 Å². The Morgan fingerprint density at radius 1 is 1.33 bits per heavy atom. The van der Waals surface area contributed by atoms with Gasteiger partial charge in [-0.2, -0.15) is 0 Å². The third kappa shape index (κ3) is 2.43. The van der Waals surface area contributed by atoms with Gasteiger partial charge in [0.05, 0.1) is 18.4 Å². The van der Waals surface area contributed by atoms with E-state index < -0.39 is 5.97 Å². The standard InChI is InChI=1S/C15H11ClN2O3/c1-21-13-3-2-10(16)7-11(13)12-8-18-5-4-9(15(19)20)6-14(18)17-12/h2-8H,1H3,(H,19,20). The number of hydrogen-bond donors (Lipinski definition) is 1. The molecule has 106 valence electrons. The summed E-state index contributed by atoms with van der Waals surface area (Å²) < 4.78 is 7.06. The number of aromatic carboxylic acids is 1. The van der Waals surface area contributed by atoms with Crippen molar-refractivity contribution in [2.24, 2.45) is 0 Å². The minimum Gasteiger partial charge on any atom is -0.496 e. The Labute approximate surface area is 125 Å². The van der Waals surface area contributed by atoms with Crippen LogP contribution in [0.1, 0.15) is 10.4 Å². The average Bonchev–Trinajstić information content (AvgIpc) is 2.89. The van der Waals surface area contributed by atoms with Gasteiger partial charge in [-0.1, -0.05) is 11.6 Å². The van der Waals surface area contributed by atoms with Crippen molar-refractivity contribution in [3.8, 4) is 17.0 Å². The number of rotatable bonds is 3. The number of aromatic nitrogens is 2. The number of benzene rings is 1. The molecule has 0 atom stereocenters. The molecule has 0 spiro atoms. The van der Waals surface area contributed by atoms with Crippen molar-refractivity contribution in [2.75, 3.05) is 7.11 Å². The summed E-state index contributed by atoms with van der Waals surface area (Å²) in [6, 6.07) is 8.31. The van der Waals surface area contributed by atoms with Gasteiger partial charge in [-0.25, -0.2) is 9.78 Å². The van der Waals surface area contributed by atoms with Crippen LogP contribution >= 0.6 is 11.6 Å². The highest BCUT2D eigenvalue weighted by Crippen LogP contribution is 2.32. The van der Waals surface area contributed by atoms with E-state index in [0.717, 1.165) is 5.56 Å². The van der Waals surface area contributed by atoms with Crippen LogP contribution < -0.4 is 4.74 Å². The second kappa shape index (κ2) is 5.10. The molecule has 0 unspecified atom stereocenters. The molecule has 0 bridgehead atoms. The molecule has 0 saturated carbocycles. The lowest BCUT2D eigenvalue weighted by molar-refractivity contribution is 0.0697. The first kappa shape index (κ1) is 13.5. The second-order valence-corrected chi connectivity index (χ2v) is 4.89. The van der Waals surface area contributed by atoms with Crippen LogP contribution in [0, 0.1) is 0 Å². The first-order chi connectivity index (χ1) is 10.1. The van der Waals surface area contributed by atoms with Crippen LogP contribution in [0.5, 0.6) is 5.75 Å². The van der Waals surface area contributed by atoms with Gasteiger partial charge in [0.1, 0.15) is 11.4 Å². The topological polar surface area (TPSA) is 63.8 Å². The Hall–Kier alpha value is -2.53. The zero-order valence-corrected chi connectivity index (χ0v) is 11.8. The summed E-state index contributed by atoms with van der Waals surface area (Å²) in [5.74, 6) is -0.330. The van der Waals surface area contributed by atoms with Gasteiger partial charge in [0.25, 0.3) is 0 Å². The maximum absolute atomic E-state index is 11.0. The fraction of sp³-hybridized carbons (Fsp3) is 0.0667. The molecule has 1 N–H and O–H groups in total. The van der Waals surface area contributed by atoms with Gasteiger partial charge in [-0.15, -0.1) is 0 Å². The molecule has 0 fully saturated rings. The molecular formula is C15H11ClN2O3. The monoisotopic (exact) mass is 302 g/mol. The Kier molecular flexibility index (Phi) is 3.27. The van der Waals surface area contributed by atoms with Crippen LogP contribution in [0.4, 0.5) is 0 Å². The largest absolute Gasteiger partial charge is 0.496 e. The number of halogens is 1. The summed E-state index contributed by atoms with van der Waals surface area (Å²) in [7, 11) is 1.57. The molecule has 0 aliphatic carbocycles. The third-order valence-electron chi connectivity index (χ3n) is 3.14. The summed E-state index contributed by atoms with van der Waals surface area (Å²) in [5, 5.41) is 9.59. The zero-order valence-electron chi connectivity index (χ0n) is 11.1. The number of carbonyl (C=O) groups is 1. The normalized spacial score (nSPS) is 10.8. The molecule has 5 nitrogen and oxygen atoms in total. The highest BCUT2D eigenvalue weighted by molar-refractivity contribution is 6.31. The molecule has 0 saturated heterocycles. The van der Waals surface area contributed by atoms with Crippen molar-refractivity contribution in [1.29, 1.82) is 0 Å². The quantitative estimate of drug-likeness (QED) is 0.805. The summed E-state index contributed by atoms with van der Waals surface area (Å²) in [6.45, 7) is 0. The van der Waals surface area contributed by atoms with E-state index in [0.29, 0.717) is 22.1 Å². The highest BCUT2D eigenvalue weighted by Gasteiger charge is 2.12. The average molecular weight is 303 g/mol. The summed E-state index contributed by atoms with van der Waals surface area (Å²) >= 11 is 6.02. The summed E-state index contributed by atoms with van der Waals surface area (Å²) in [6.07, 6.45) is 3.46. The first-order valence-corrected chi connectivity index (χ1v) is 6.52. The number of ether oxygens (including phenoxy) is 1. The van der Waals surface area contributed by atoms with Gasteiger partial charge in [0, 0.05) is 23.0 Å². The Balaban J connectivity index is 2.17. The number of nitrogens with zero attached hydrogens (tertiary/aromatic N) is 2. The SMILES string of the molecule is COc1ccc(Cl)cc1-c1cn2ccc(C(=O)O)cc2n1. The van der Waals surface area contributed by atoms with E-state index >= 15 is 0 Å². The van der Waals surface area contributed by atoms with E-state index in [1.54, 1.807) is 42.1 Å². The van der Waals surface area contributed by atoms with Crippen LogP contribution in [0.2, 0.25) is 5.02 Å². The fourth-order valence-electron chi connectivity index (χ4n) is 2.13. The third-order valence-corrected chi connectivity index (χ3v) is 3.38. The van der Waals surface area contributed by atoms with Crippen LogP contribution in [0.15, 0.2) is 42.7 Å². The molecule has 3 aromatic rings. The Morgan fingerprint density at radius 2 is 2.14 bits per heavy atom. The van der Waals surface area contributed by atoms with Gasteiger partial charge < -0.3 is 14.2 Å². The van der Waals surface area contributed by atoms with Gasteiger partial charge in [-0.05, 0) is 30.3 Å². The van der Waals surface area contributed by atoms with Gasteiger partial charge in [-0.3, -0.25) is 0 Å². The van der Waals surface area contributed by atoms with Gasteiger partial charge in [0.2, 0.25) is 0 Å². The van der Waals surface area contributed by atoms with E-state index in [4.69, 9.17) is 21.4 Å². The number of carboxylic acid groups (broad SMARTS) is 1. The van der Waals surface area contributed by atoms with Crippen LogP contribution in [0.25, 0.3) is 16.9 Å². The van der Waals surface area contributed by atoms with Crippen molar-refractivity contribution in [3.05, 3.63) is 53.3 Å². The minimum absolute atomic E-state index is 0.192. The predicted molar refractivity (Wildman–Crippen MR) is 79.1 cm³/mol. The molecule has 0 aliphatic heterocycles. The number of carboxylic acids is 1. The fourth-order valence-corrected chi connectivity index (χ4v) is 2.30. The number of fused-ring (bicyclic) bond motifs is 1. The van der Waals surface area contributed by atoms with Crippen molar-refractivity contribution < 1.29 is 14.6 Å². The van der Waals surface area contributed by atoms with Crippen molar-refractivity contribution in [3.63, 3.8) is 0 Å². The molecular weight excluding hydrogens is 292 g/mol. The maximum atomic E-state index is 11.0. The molecule has 0 aliphatic rings. The van der Waals surface area contributed by atoms with E-state index in [9.17, 15) is 4.79 Å². The molecule has 2 aromatic heterocycles.